The number of aliphatic hydroxyl groups is 1. The maximum absolute atomic E-state index is 11.9. The van der Waals surface area contributed by atoms with Crippen LogP contribution in [-0.2, 0) is 9.53 Å². The lowest BCUT2D eigenvalue weighted by molar-refractivity contribution is -0.137. The van der Waals surface area contributed by atoms with E-state index in [0.717, 1.165) is 0 Å². The summed E-state index contributed by atoms with van der Waals surface area (Å²) in [4.78, 5) is 13.5. The number of carbonyl (C=O) groups excluding carboxylic acids is 1. The molecule has 1 saturated heterocycles. The number of benzene rings is 1. The molecule has 1 aromatic rings. The summed E-state index contributed by atoms with van der Waals surface area (Å²) in [5, 5.41) is 10.8. The lowest BCUT2D eigenvalue weighted by atomic mass is 10.0. The van der Waals surface area contributed by atoms with Gasteiger partial charge in [0.15, 0.2) is 0 Å². The first kappa shape index (κ1) is 16.1. The van der Waals surface area contributed by atoms with Crippen LogP contribution in [0.2, 0.25) is 5.02 Å². The first-order valence-corrected chi connectivity index (χ1v) is 7.35. The molecule has 2 rings (SSSR count). The summed E-state index contributed by atoms with van der Waals surface area (Å²) in [5.41, 5.74) is 0. The average molecular weight is 314 g/mol. The van der Waals surface area contributed by atoms with Crippen molar-refractivity contribution < 1.29 is 19.4 Å². The summed E-state index contributed by atoms with van der Waals surface area (Å²) < 4.78 is 10.7. The Morgan fingerprint density at radius 1 is 1.43 bits per heavy atom. The van der Waals surface area contributed by atoms with Crippen LogP contribution >= 0.6 is 11.6 Å². The molecule has 0 bridgehead atoms. The highest BCUT2D eigenvalue weighted by Crippen LogP contribution is 2.21. The van der Waals surface area contributed by atoms with Crippen molar-refractivity contribution in [2.24, 2.45) is 0 Å². The van der Waals surface area contributed by atoms with Crippen LogP contribution in [0.3, 0.4) is 0 Å². The van der Waals surface area contributed by atoms with Gasteiger partial charge in [-0.3, -0.25) is 4.79 Å². The summed E-state index contributed by atoms with van der Waals surface area (Å²) in [7, 11) is 1.56. The van der Waals surface area contributed by atoms with Gasteiger partial charge in [-0.25, -0.2) is 0 Å². The molecule has 1 aromatic carbocycles. The van der Waals surface area contributed by atoms with E-state index in [2.05, 4.69) is 0 Å². The zero-order valence-electron chi connectivity index (χ0n) is 12.0. The number of methoxy groups -OCH3 is 1. The van der Waals surface area contributed by atoms with Crippen LogP contribution in [0.4, 0.5) is 0 Å². The van der Waals surface area contributed by atoms with Crippen molar-refractivity contribution in [1.29, 1.82) is 0 Å². The number of carbonyl (C=O) groups is 1. The highest BCUT2D eigenvalue weighted by atomic mass is 35.5. The molecule has 6 heteroatoms. The molecule has 21 heavy (non-hydrogen) atoms. The monoisotopic (exact) mass is 313 g/mol. The number of likely N-dealkylation sites (tertiary alicyclic amines) is 1. The van der Waals surface area contributed by atoms with Crippen molar-refractivity contribution in [3.63, 3.8) is 0 Å². The number of β-amino-alcohol motifs (C(OH)–C–C–N with tert-alkyl or cyclic N) is 1. The highest BCUT2D eigenvalue weighted by Gasteiger charge is 2.31. The summed E-state index contributed by atoms with van der Waals surface area (Å²) in [6.45, 7) is 1.27. The molecule has 1 aliphatic heterocycles. The van der Waals surface area contributed by atoms with E-state index in [1.165, 1.54) is 0 Å². The van der Waals surface area contributed by atoms with Gasteiger partial charge in [0.2, 0.25) is 5.91 Å². The van der Waals surface area contributed by atoms with Crippen LogP contribution < -0.4 is 4.74 Å². The predicted octanol–water partition coefficient (Wildman–Crippen LogP) is 1.72. The van der Waals surface area contributed by atoms with Crippen LogP contribution in [-0.4, -0.2) is 54.9 Å². The number of nitrogens with zero attached hydrogens (tertiary/aromatic N) is 1. The average Bonchev–Trinajstić information content (AvgIpc) is 2.49. The second kappa shape index (κ2) is 7.64. The zero-order chi connectivity index (χ0) is 15.2. The van der Waals surface area contributed by atoms with Crippen LogP contribution in [0.1, 0.15) is 12.8 Å². The second-order valence-electron chi connectivity index (χ2n) is 5.05. The fraction of sp³-hybridized carbons (Fsp3) is 0.533. The lowest BCUT2D eigenvalue weighted by Crippen LogP contribution is -2.51. The van der Waals surface area contributed by atoms with Crippen molar-refractivity contribution in [2.45, 2.75) is 25.0 Å². The Hall–Kier alpha value is -1.30. The Balaban J connectivity index is 1.86. The smallest absolute Gasteiger partial charge is 0.224 e. The molecule has 0 aromatic heterocycles. The fourth-order valence-electron chi connectivity index (χ4n) is 2.31. The van der Waals surface area contributed by atoms with Crippen LogP contribution in [0.5, 0.6) is 5.75 Å². The van der Waals surface area contributed by atoms with E-state index < -0.39 is 6.10 Å². The van der Waals surface area contributed by atoms with Crippen molar-refractivity contribution in [3.8, 4) is 5.75 Å². The van der Waals surface area contributed by atoms with E-state index in [-0.39, 0.29) is 12.0 Å². The molecule has 1 aliphatic rings. The third kappa shape index (κ3) is 4.59. The van der Waals surface area contributed by atoms with Crippen LogP contribution in [0.25, 0.3) is 0 Å². The van der Waals surface area contributed by atoms with Gasteiger partial charge >= 0.3 is 0 Å². The SMILES string of the molecule is COCCC(=O)N1CC[C@@H](Oc2ccc(Cl)cc2)[C@H](O)C1. The quantitative estimate of drug-likeness (QED) is 0.899. The minimum absolute atomic E-state index is 0.000780. The topological polar surface area (TPSA) is 59.0 Å². The number of halogens is 1. The van der Waals surface area contributed by atoms with Gasteiger partial charge in [-0.05, 0) is 24.3 Å². The van der Waals surface area contributed by atoms with Gasteiger partial charge in [-0.15, -0.1) is 0 Å². The van der Waals surface area contributed by atoms with E-state index in [4.69, 9.17) is 21.1 Å². The van der Waals surface area contributed by atoms with Crippen LogP contribution in [0, 0.1) is 0 Å². The maximum Gasteiger partial charge on any atom is 0.224 e. The zero-order valence-corrected chi connectivity index (χ0v) is 12.8. The molecular formula is C15H20ClNO4. The highest BCUT2D eigenvalue weighted by molar-refractivity contribution is 6.30. The van der Waals surface area contributed by atoms with Crippen molar-refractivity contribution in [1.82, 2.24) is 4.90 Å². The van der Waals surface area contributed by atoms with Gasteiger partial charge in [0.05, 0.1) is 19.6 Å². The Morgan fingerprint density at radius 3 is 2.76 bits per heavy atom. The molecule has 2 atom stereocenters. The number of amides is 1. The standard InChI is InChI=1S/C15H20ClNO4/c1-20-9-7-15(19)17-8-6-14(13(18)10-17)21-12-4-2-11(16)3-5-12/h2-5,13-14,18H,6-10H2,1H3/t13-,14-/m1/s1. The van der Waals surface area contributed by atoms with Gasteiger partial charge in [0.25, 0.3) is 0 Å². The van der Waals surface area contributed by atoms with E-state index in [1.54, 1.807) is 36.3 Å². The molecule has 0 aliphatic carbocycles. The minimum Gasteiger partial charge on any atom is -0.488 e. The third-order valence-corrected chi connectivity index (χ3v) is 3.75. The Labute approximate surface area is 129 Å². The van der Waals surface area contributed by atoms with E-state index in [9.17, 15) is 9.90 Å². The normalized spacial score (nSPS) is 22.1. The molecule has 1 N–H and O–H groups in total. The third-order valence-electron chi connectivity index (χ3n) is 3.49. The molecule has 0 radical (unpaired) electrons. The molecule has 0 spiro atoms. The number of rotatable bonds is 5. The molecule has 1 amide bonds. The second-order valence-corrected chi connectivity index (χ2v) is 5.49. The first-order valence-electron chi connectivity index (χ1n) is 6.97. The predicted molar refractivity (Wildman–Crippen MR) is 79.6 cm³/mol. The Bertz CT molecular complexity index is 465. The number of ether oxygens (including phenoxy) is 2. The van der Waals surface area contributed by atoms with Gasteiger partial charge in [0, 0.05) is 25.1 Å². The van der Waals surface area contributed by atoms with E-state index in [0.29, 0.717) is 43.3 Å². The van der Waals surface area contributed by atoms with Gasteiger partial charge in [0.1, 0.15) is 18.0 Å². The molecular weight excluding hydrogens is 294 g/mol. The summed E-state index contributed by atoms with van der Waals surface area (Å²) in [6.07, 6.45) is -0.0624. The first-order chi connectivity index (χ1) is 10.1. The van der Waals surface area contributed by atoms with Crippen molar-refractivity contribution in [2.75, 3.05) is 26.8 Å². The van der Waals surface area contributed by atoms with Crippen molar-refractivity contribution >= 4 is 17.5 Å². The maximum atomic E-state index is 11.9. The Kier molecular flexibility index (Phi) is 5.85. The molecule has 0 unspecified atom stereocenters. The van der Waals surface area contributed by atoms with Gasteiger partial charge in [-0.2, -0.15) is 0 Å². The number of hydrogen-bond donors (Lipinski definition) is 1. The number of piperidine rings is 1. The minimum atomic E-state index is -0.694. The van der Waals surface area contributed by atoms with Gasteiger partial charge in [-0.1, -0.05) is 11.6 Å². The summed E-state index contributed by atoms with van der Waals surface area (Å²) in [6, 6.07) is 7.02. The number of aliphatic hydroxyl groups excluding tert-OH is 1. The van der Waals surface area contributed by atoms with Crippen LogP contribution in [0.15, 0.2) is 24.3 Å². The van der Waals surface area contributed by atoms with Crippen molar-refractivity contribution in [3.05, 3.63) is 29.3 Å². The molecule has 116 valence electrons. The molecule has 1 fully saturated rings. The van der Waals surface area contributed by atoms with Gasteiger partial charge < -0.3 is 19.5 Å². The Morgan fingerprint density at radius 2 is 2.14 bits per heavy atom. The molecule has 0 saturated carbocycles. The lowest BCUT2D eigenvalue weighted by Gasteiger charge is -2.36. The summed E-state index contributed by atoms with van der Waals surface area (Å²) >= 11 is 5.82. The van der Waals surface area contributed by atoms with E-state index >= 15 is 0 Å². The fourth-order valence-corrected chi connectivity index (χ4v) is 2.44. The largest absolute Gasteiger partial charge is 0.488 e. The van der Waals surface area contributed by atoms with E-state index in [1.807, 2.05) is 0 Å². The molecule has 5 nitrogen and oxygen atoms in total. The summed E-state index contributed by atoms with van der Waals surface area (Å²) in [5.74, 6) is 0.670. The number of hydrogen-bond acceptors (Lipinski definition) is 4. The molecule has 1 heterocycles.